The molecule has 2 rings (SSSR count). The van der Waals surface area contributed by atoms with Crippen molar-refractivity contribution in [2.75, 3.05) is 31.4 Å². The predicted octanol–water partition coefficient (Wildman–Crippen LogP) is 6.38. The average molecular weight is 704 g/mol. The second kappa shape index (κ2) is 16.1. The lowest BCUT2D eigenvalue weighted by molar-refractivity contribution is -0.0733. The molecule has 0 saturated carbocycles. The minimum absolute atomic E-state index is 0.0311. The lowest BCUT2D eigenvalue weighted by Gasteiger charge is -2.38. The van der Waals surface area contributed by atoms with Gasteiger partial charge in [-0.3, -0.25) is 4.57 Å². The third-order valence-corrected chi connectivity index (χ3v) is 9.01. The third kappa shape index (κ3) is 12.0. The second-order valence-electron chi connectivity index (χ2n) is 14.1. The Morgan fingerprint density at radius 2 is 1.47 bits per heavy atom. The third-order valence-electron chi connectivity index (χ3n) is 6.07. The van der Waals surface area contributed by atoms with Crippen molar-refractivity contribution in [2.45, 2.75) is 119 Å². The minimum atomic E-state index is -3.43. The van der Waals surface area contributed by atoms with Crippen LogP contribution in [0, 0.1) is 5.41 Å². The van der Waals surface area contributed by atoms with E-state index in [4.69, 9.17) is 32.5 Å². The Bertz CT molecular complexity index is 1360. The average Bonchev–Trinajstić information content (AvgIpc) is 3.29. The molecule has 268 valence electrons. The van der Waals surface area contributed by atoms with Crippen LogP contribution in [-0.2, 0) is 27.5 Å². The summed E-state index contributed by atoms with van der Waals surface area (Å²) in [5.74, 6) is -0.411. The van der Waals surface area contributed by atoms with E-state index < -0.39 is 57.6 Å². The van der Waals surface area contributed by atoms with E-state index in [1.54, 1.807) is 55.4 Å². The number of carbonyl (C=O) groups is 2. The molecular weight excluding hydrogens is 649 g/mol. The van der Waals surface area contributed by atoms with Crippen molar-refractivity contribution in [3.8, 4) is 5.88 Å². The maximum absolute atomic E-state index is 13.5. The van der Waals surface area contributed by atoms with Crippen LogP contribution < -0.4 is 14.5 Å². The van der Waals surface area contributed by atoms with Crippen LogP contribution in [-0.4, -0.2) is 90.8 Å². The molecule has 0 saturated heterocycles. The Hall–Kier alpha value is -2.78. The molecule has 0 aliphatic carbocycles. The van der Waals surface area contributed by atoms with Gasteiger partial charge in [-0.1, -0.05) is 20.8 Å². The van der Waals surface area contributed by atoms with Crippen molar-refractivity contribution >= 4 is 45.9 Å². The van der Waals surface area contributed by atoms with Gasteiger partial charge in [0.2, 0.25) is 17.5 Å². The number of anilines is 1. The number of methoxy groups -OCH3 is 1. The van der Waals surface area contributed by atoms with Gasteiger partial charge >= 0.3 is 19.8 Å². The van der Waals surface area contributed by atoms with Gasteiger partial charge in [-0.2, -0.15) is 14.7 Å². The van der Waals surface area contributed by atoms with Crippen molar-refractivity contribution in [1.29, 1.82) is 0 Å². The fraction of sp³-hybridized carbons (Fsp3) is 0.767. The zero-order chi connectivity index (χ0) is 36.0. The van der Waals surface area contributed by atoms with Gasteiger partial charge < -0.3 is 32.5 Å². The Morgan fingerprint density at radius 3 is 1.89 bits per heavy atom. The van der Waals surface area contributed by atoms with E-state index >= 15 is 0 Å². The molecule has 2 heterocycles. The van der Waals surface area contributed by atoms with Crippen molar-refractivity contribution in [2.24, 2.45) is 5.41 Å². The smallest absolute Gasteiger partial charge is 0.427 e. The first kappa shape index (κ1) is 40.4. The van der Waals surface area contributed by atoms with Crippen LogP contribution in [0.1, 0.15) is 82.6 Å². The summed E-state index contributed by atoms with van der Waals surface area (Å²) in [4.78, 5) is 47.1. The number of imide groups is 1. The largest absolute Gasteiger partial charge is 0.479 e. The molecule has 0 spiro atoms. The summed E-state index contributed by atoms with van der Waals surface area (Å²) in [5, 5.41) is 0. The molecule has 2 unspecified atom stereocenters. The van der Waals surface area contributed by atoms with Gasteiger partial charge in [-0.05, 0) is 73.9 Å². The van der Waals surface area contributed by atoms with Crippen molar-refractivity contribution < 1.29 is 46.7 Å². The molecule has 0 N–H and O–H groups in total. The molecule has 0 aromatic carbocycles. The zero-order valence-corrected chi connectivity index (χ0v) is 32.5. The number of ether oxygens (including phenoxy) is 3. The van der Waals surface area contributed by atoms with Crippen LogP contribution in [0.2, 0.25) is 13.1 Å². The molecule has 2 aromatic rings. The highest BCUT2D eigenvalue weighted by molar-refractivity contribution is 7.53. The molecule has 2 amide bonds. The summed E-state index contributed by atoms with van der Waals surface area (Å²) in [6.07, 6.45) is -1.57. The van der Waals surface area contributed by atoms with Crippen molar-refractivity contribution in [3.05, 3.63) is 6.33 Å². The quantitative estimate of drug-likeness (QED) is 0.157. The van der Waals surface area contributed by atoms with E-state index in [-0.39, 0.29) is 48.8 Å². The number of carbonyl (C=O) groups excluding carboxylic acids is 2. The number of hydrogen-bond acceptors (Lipinski definition) is 13. The maximum Gasteiger partial charge on any atom is 0.427 e. The van der Waals surface area contributed by atoms with Crippen LogP contribution in [0.15, 0.2) is 6.33 Å². The van der Waals surface area contributed by atoms with E-state index in [9.17, 15) is 14.2 Å². The molecule has 47 heavy (non-hydrogen) atoms. The maximum atomic E-state index is 13.5. The number of imidazole rings is 1. The number of hydrogen-bond donors (Lipinski definition) is 0. The zero-order valence-electron chi connectivity index (χ0n) is 30.4. The van der Waals surface area contributed by atoms with E-state index in [1.165, 1.54) is 18.2 Å². The molecule has 17 heteroatoms. The summed E-state index contributed by atoms with van der Waals surface area (Å²) >= 11 is 0. The van der Waals surface area contributed by atoms with E-state index in [1.807, 2.05) is 20.8 Å². The molecule has 0 radical (unpaired) electrons. The molecule has 15 nitrogen and oxygen atoms in total. The topological polar surface area (TPSA) is 163 Å². The van der Waals surface area contributed by atoms with Gasteiger partial charge in [-0.25, -0.2) is 14.6 Å². The van der Waals surface area contributed by atoms with Gasteiger partial charge in [0.15, 0.2) is 20.7 Å². The first-order valence-electron chi connectivity index (χ1n) is 15.8. The van der Waals surface area contributed by atoms with Gasteiger partial charge in [0.05, 0.1) is 32.6 Å². The lowest BCUT2D eigenvalue weighted by atomic mass is 9.85. The van der Waals surface area contributed by atoms with Crippen molar-refractivity contribution in [1.82, 2.24) is 19.7 Å². The second-order valence-corrected chi connectivity index (χ2v) is 18.7. The van der Waals surface area contributed by atoms with Crippen LogP contribution in [0.4, 0.5) is 15.5 Å². The Balaban J connectivity index is 2.74. The van der Waals surface area contributed by atoms with E-state index in [2.05, 4.69) is 28.0 Å². The molecule has 0 aliphatic heterocycles. The Labute approximate surface area is 280 Å². The minimum Gasteiger partial charge on any atom is -0.479 e. The first-order valence-corrected chi connectivity index (χ1v) is 20.3. The van der Waals surface area contributed by atoms with Crippen molar-refractivity contribution in [3.63, 3.8) is 0 Å². The summed E-state index contributed by atoms with van der Waals surface area (Å²) in [5.41, 5.74) is -2.02. The first-order chi connectivity index (χ1) is 21.5. The monoisotopic (exact) mass is 703 g/mol. The molecule has 0 aliphatic rings. The molecule has 0 bridgehead atoms. The fourth-order valence-corrected chi connectivity index (χ4v) is 7.27. The van der Waals surface area contributed by atoms with Gasteiger partial charge in [0.1, 0.15) is 17.5 Å². The summed E-state index contributed by atoms with van der Waals surface area (Å²) in [7, 11) is -3.67. The predicted molar refractivity (Wildman–Crippen MR) is 181 cm³/mol. The van der Waals surface area contributed by atoms with E-state index in [0.29, 0.717) is 4.90 Å². The lowest BCUT2D eigenvalue weighted by Crippen LogP contribution is -2.48. The van der Waals surface area contributed by atoms with Crippen LogP contribution in [0.5, 0.6) is 5.88 Å². The normalized spacial score (nSPS) is 14.2. The van der Waals surface area contributed by atoms with Gasteiger partial charge in [-0.15, -0.1) is 4.90 Å². The molecule has 2 atom stereocenters. The fourth-order valence-electron chi connectivity index (χ4n) is 4.41. The Kier molecular flexibility index (Phi) is 13.8. The van der Waals surface area contributed by atoms with Crippen LogP contribution >= 0.6 is 7.60 Å². The molecule has 2 aromatic heterocycles. The van der Waals surface area contributed by atoms with Gasteiger partial charge in [0, 0.05) is 6.42 Å². The highest BCUT2D eigenvalue weighted by atomic mass is 31.2. The standard InChI is InChI=1S/C30H54N5O10PSi/c1-15-40-46(38,41-16-2)18-17-20(22(28(3,4)5)45-47(13)14)44-34-19-31-21-23(34)32-25(33-24(21)39-12)35(26(36)42-29(6,7)8)27(37)43-30(9,10)11/h19-20,22,47H,15-18H2,1-14H3. The van der Waals surface area contributed by atoms with E-state index in [0.717, 1.165) is 0 Å². The molecular formula is C30H54N5O10PSi. The summed E-state index contributed by atoms with van der Waals surface area (Å²) in [6, 6.07) is 0. The van der Waals surface area contributed by atoms with Crippen LogP contribution in [0.25, 0.3) is 11.2 Å². The van der Waals surface area contributed by atoms with Gasteiger partial charge in [0.25, 0.3) is 0 Å². The molecule has 0 fully saturated rings. The van der Waals surface area contributed by atoms with Crippen LogP contribution in [0.3, 0.4) is 0 Å². The number of fused-ring (bicyclic) bond motifs is 1. The summed E-state index contributed by atoms with van der Waals surface area (Å²) in [6.45, 7) is 24.1. The number of nitrogens with zero attached hydrogens (tertiary/aromatic N) is 5. The highest BCUT2D eigenvalue weighted by Gasteiger charge is 2.39. The summed E-state index contributed by atoms with van der Waals surface area (Å²) < 4.78 is 48.9. The number of rotatable bonds is 14. The number of aromatic nitrogens is 4. The number of amides is 2. The SMILES string of the molecule is CCOP(=O)(CCC(On1cnc2c(OC)nc(N(C(=O)OC(C)(C)C)C(=O)OC(C)(C)C)nc21)C(O[SiH](C)C)C(C)(C)C)OCC. The Morgan fingerprint density at radius 1 is 0.936 bits per heavy atom. The highest BCUT2D eigenvalue weighted by Crippen LogP contribution is 2.49.